The van der Waals surface area contributed by atoms with Crippen LogP contribution in [-0.4, -0.2) is 58.4 Å². The molecule has 1 aromatic rings. The van der Waals surface area contributed by atoms with Gasteiger partial charge in [0, 0.05) is 31.2 Å². The lowest BCUT2D eigenvalue weighted by Crippen LogP contribution is -2.41. The summed E-state index contributed by atoms with van der Waals surface area (Å²) >= 11 is 0. The third kappa shape index (κ3) is 3.98. The fourth-order valence-electron chi connectivity index (χ4n) is 4.03. The molecule has 0 unspecified atom stereocenters. The highest BCUT2D eigenvalue weighted by Crippen LogP contribution is 2.35. The number of urea groups is 1. The standard InChI is InChI=1S/C19H26N4O3/c20-18(21)15-3-1-13(2-4-15)14-5-7-16(8-6-14)23-12-11-22(19(23)26)10-9-17(24)25/h1-4,14,16H,5-12H2,(H3,20,21)(H,24,25). The first kappa shape index (κ1) is 18.2. The van der Waals surface area contributed by atoms with Crippen LogP contribution < -0.4 is 5.73 Å². The maximum Gasteiger partial charge on any atom is 0.320 e. The number of rotatable bonds is 6. The van der Waals surface area contributed by atoms with Crippen molar-refractivity contribution in [1.82, 2.24) is 9.80 Å². The summed E-state index contributed by atoms with van der Waals surface area (Å²) in [5.41, 5.74) is 7.51. The molecule has 2 fully saturated rings. The van der Waals surface area contributed by atoms with Gasteiger partial charge in [-0.25, -0.2) is 4.79 Å². The first-order valence-corrected chi connectivity index (χ1v) is 9.17. The molecule has 0 bridgehead atoms. The predicted octanol–water partition coefficient (Wildman–Crippen LogP) is 2.21. The minimum absolute atomic E-state index is 0.00256. The quantitative estimate of drug-likeness (QED) is 0.535. The number of carboxylic acid groups (broad SMARTS) is 1. The Morgan fingerprint density at radius 3 is 2.38 bits per heavy atom. The number of carboxylic acids is 1. The summed E-state index contributed by atoms with van der Waals surface area (Å²) in [7, 11) is 0. The third-order valence-electron chi connectivity index (χ3n) is 5.55. The first-order valence-electron chi connectivity index (χ1n) is 9.17. The number of nitrogens with two attached hydrogens (primary N) is 1. The van der Waals surface area contributed by atoms with E-state index in [1.54, 1.807) is 4.90 Å². The van der Waals surface area contributed by atoms with Gasteiger partial charge in [-0.2, -0.15) is 0 Å². The van der Waals surface area contributed by atoms with Gasteiger partial charge in [-0.05, 0) is 37.2 Å². The van der Waals surface area contributed by atoms with Crippen molar-refractivity contribution in [2.45, 2.75) is 44.1 Å². The Hall–Kier alpha value is -2.57. The molecule has 0 atom stereocenters. The molecule has 1 aromatic carbocycles. The zero-order chi connectivity index (χ0) is 18.7. The summed E-state index contributed by atoms with van der Waals surface area (Å²) in [4.78, 5) is 26.8. The molecule has 2 aliphatic rings. The predicted molar refractivity (Wildman–Crippen MR) is 98.4 cm³/mol. The number of aliphatic carboxylic acids is 1. The molecule has 1 aliphatic carbocycles. The Bertz CT molecular complexity index is 681. The maximum atomic E-state index is 12.5. The van der Waals surface area contributed by atoms with Crippen LogP contribution in [0, 0.1) is 5.41 Å². The number of nitrogens with zero attached hydrogens (tertiary/aromatic N) is 2. The van der Waals surface area contributed by atoms with Gasteiger partial charge in [0.2, 0.25) is 0 Å². The number of carbonyl (C=O) groups is 2. The van der Waals surface area contributed by atoms with Crippen LogP contribution in [0.15, 0.2) is 24.3 Å². The van der Waals surface area contributed by atoms with Crippen LogP contribution in [0.25, 0.3) is 0 Å². The molecular weight excluding hydrogens is 332 g/mol. The van der Waals surface area contributed by atoms with Crippen molar-refractivity contribution in [3.05, 3.63) is 35.4 Å². The number of amidine groups is 1. The number of nitrogen functional groups attached to an aromatic ring is 1. The molecule has 1 heterocycles. The van der Waals surface area contributed by atoms with Crippen molar-refractivity contribution in [1.29, 1.82) is 5.41 Å². The average Bonchev–Trinajstić information content (AvgIpc) is 3.01. The second-order valence-electron chi connectivity index (χ2n) is 7.15. The lowest BCUT2D eigenvalue weighted by Gasteiger charge is -2.34. The van der Waals surface area contributed by atoms with E-state index in [-0.39, 0.29) is 24.3 Å². The molecule has 0 spiro atoms. The van der Waals surface area contributed by atoms with Crippen molar-refractivity contribution < 1.29 is 14.7 Å². The summed E-state index contributed by atoms with van der Waals surface area (Å²) in [5.74, 6) is -0.305. The Morgan fingerprint density at radius 1 is 1.15 bits per heavy atom. The normalized spacial score (nSPS) is 23.3. The summed E-state index contributed by atoms with van der Waals surface area (Å²) < 4.78 is 0. The minimum atomic E-state index is -0.868. The van der Waals surface area contributed by atoms with E-state index in [0.29, 0.717) is 25.6 Å². The largest absolute Gasteiger partial charge is 0.481 e. The molecule has 26 heavy (non-hydrogen) atoms. The summed E-state index contributed by atoms with van der Waals surface area (Å²) in [5, 5.41) is 16.3. The van der Waals surface area contributed by atoms with Crippen LogP contribution in [-0.2, 0) is 4.79 Å². The molecule has 3 rings (SSSR count). The molecule has 7 nitrogen and oxygen atoms in total. The Labute approximate surface area is 153 Å². The van der Waals surface area contributed by atoms with Crippen LogP contribution in [0.1, 0.15) is 49.1 Å². The molecule has 140 valence electrons. The number of benzene rings is 1. The highest BCUT2D eigenvalue weighted by molar-refractivity contribution is 5.94. The van der Waals surface area contributed by atoms with Crippen molar-refractivity contribution in [3.8, 4) is 0 Å². The van der Waals surface area contributed by atoms with Gasteiger partial charge in [0.25, 0.3) is 0 Å². The van der Waals surface area contributed by atoms with E-state index in [4.69, 9.17) is 16.2 Å². The van der Waals surface area contributed by atoms with Crippen molar-refractivity contribution in [3.63, 3.8) is 0 Å². The van der Waals surface area contributed by atoms with Crippen LogP contribution >= 0.6 is 0 Å². The average molecular weight is 358 g/mol. The zero-order valence-corrected chi connectivity index (χ0v) is 14.9. The molecule has 2 amide bonds. The van der Waals surface area contributed by atoms with E-state index in [1.807, 2.05) is 17.0 Å². The van der Waals surface area contributed by atoms with E-state index in [1.165, 1.54) is 5.56 Å². The van der Waals surface area contributed by atoms with Gasteiger partial charge in [-0.3, -0.25) is 10.2 Å². The first-order chi connectivity index (χ1) is 12.5. The Morgan fingerprint density at radius 2 is 1.81 bits per heavy atom. The van der Waals surface area contributed by atoms with Gasteiger partial charge in [0.1, 0.15) is 5.84 Å². The fourth-order valence-corrected chi connectivity index (χ4v) is 4.03. The maximum absolute atomic E-state index is 12.5. The SMILES string of the molecule is N=C(N)c1ccc(C2CCC(N3CCN(CCC(=O)O)C3=O)CC2)cc1. The summed E-state index contributed by atoms with van der Waals surface area (Å²) in [6, 6.07) is 8.14. The van der Waals surface area contributed by atoms with Gasteiger partial charge in [-0.15, -0.1) is 0 Å². The van der Waals surface area contributed by atoms with Crippen molar-refractivity contribution >= 4 is 17.8 Å². The van der Waals surface area contributed by atoms with Gasteiger partial charge >= 0.3 is 12.0 Å². The number of hydrogen-bond acceptors (Lipinski definition) is 3. The molecule has 1 saturated carbocycles. The lowest BCUT2D eigenvalue weighted by molar-refractivity contribution is -0.137. The fraction of sp³-hybridized carbons (Fsp3) is 0.526. The second-order valence-corrected chi connectivity index (χ2v) is 7.15. The van der Waals surface area contributed by atoms with Gasteiger partial charge < -0.3 is 20.6 Å². The Kier molecular flexibility index (Phi) is 5.44. The highest BCUT2D eigenvalue weighted by atomic mass is 16.4. The molecule has 1 saturated heterocycles. The topological polar surface area (TPSA) is 111 Å². The van der Waals surface area contributed by atoms with Crippen LogP contribution in [0.3, 0.4) is 0 Å². The van der Waals surface area contributed by atoms with E-state index in [2.05, 4.69) is 12.1 Å². The van der Waals surface area contributed by atoms with Gasteiger partial charge in [-0.1, -0.05) is 24.3 Å². The van der Waals surface area contributed by atoms with E-state index in [0.717, 1.165) is 31.2 Å². The van der Waals surface area contributed by atoms with Gasteiger partial charge in [0.05, 0.1) is 6.42 Å². The summed E-state index contributed by atoms with van der Waals surface area (Å²) in [6.07, 6.45) is 4.00. The number of nitrogens with one attached hydrogen (secondary N) is 1. The molecule has 0 aromatic heterocycles. The van der Waals surface area contributed by atoms with Crippen LogP contribution in [0.4, 0.5) is 4.79 Å². The molecule has 1 aliphatic heterocycles. The molecular formula is C19H26N4O3. The Balaban J connectivity index is 1.53. The van der Waals surface area contributed by atoms with Crippen molar-refractivity contribution in [2.24, 2.45) is 5.73 Å². The molecule has 4 N–H and O–H groups in total. The number of amides is 2. The smallest absolute Gasteiger partial charge is 0.320 e. The minimum Gasteiger partial charge on any atom is -0.481 e. The lowest BCUT2D eigenvalue weighted by atomic mass is 9.81. The van der Waals surface area contributed by atoms with Gasteiger partial charge in [0.15, 0.2) is 0 Å². The van der Waals surface area contributed by atoms with Crippen LogP contribution in [0.5, 0.6) is 0 Å². The van der Waals surface area contributed by atoms with E-state index < -0.39 is 5.97 Å². The number of carbonyl (C=O) groups excluding carboxylic acids is 1. The number of hydrogen-bond donors (Lipinski definition) is 3. The molecule has 0 radical (unpaired) electrons. The third-order valence-corrected chi connectivity index (χ3v) is 5.55. The summed E-state index contributed by atoms with van der Waals surface area (Å²) in [6.45, 7) is 1.61. The second kappa shape index (κ2) is 7.76. The monoisotopic (exact) mass is 358 g/mol. The van der Waals surface area contributed by atoms with E-state index >= 15 is 0 Å². The zero-order valence-electron chi connectivity index (χ0n) is 14.9. The highest BCUT2D eigenvalue weighted by Gasteiger charge is 2.35. The van der Waals surface area contributed by atoms with Crippen LogP contribution in [0.2, 0.25) is 0 Å². The molecule has 7 heteroatoms. The van der Waals surface area contributed by atoms with E-state index in [9.17, 15) is 9.59 Å². The van der Waals surface area contributed by atoms with Crippen molar-refractivity contribution in [2.75, 3.05) is 19.6 Å².